The Morgan fingerprint density at radius 2 is 1.93 bits per heavy atom. The molecule has 1 rings (SSSR count). The van der Waals surface area contributed by atoms with Gasteiger partial charge in [0.2, 0.25) is 0 Å². The highest BCUT2D eigenvalue weighted by atomic mass is 79.9. The normalized spacial score (nSPS) is 31.5. The summed E-state index contributed by atoms with van der Waals surface area (Å²) in [6.07, 6.45) is 5.15. The molecule has 0 bridgehead atoms. The fourth-order valence-electron chi connectivity index (χ4n) is 1.53. The Kier molecular flexibility index (Phi) is 6.06. The summed E-state index contributed by atoms with van der Waals surface area (Å²) in [5, 5.41) is 0. The first kappa shape index (κ1) is 12.5. The van der Waals surface area contributed by atoms with Crippen molar-refractivity contribution >= 4 is 15.9 Å². The molecule has 0 heterocycles. The van der Waals surface area contributed by atoms with Crippen LogP contribution in [0.3, 0.4) is 0 Å². The van der Waals surface area contributed by atoms with Crippen molar-refractivity contribution in [3.63, 3.8) is 0 Å². The molecule has 0 aromatic rings. The van der Waals surface area contributed by atoms with Crippen molar-refractivity contribution in [1.29, 1.82) is 0 Å². The summed E-state index contributed by atoms with van der Waals surface area (Å²) in [5.41, 5.74) is 0. The number of halogens is 1. The van der Waals surface area contributed by atoms with E-state index in [1.165, 1.54) is 6.42 Å². The van der Waals surface area contributed by atoms with Gasteiger partial charge in [0, 0.05) is 18.0 Å². The highest BCUT2D eigenvalue weighted by Gasteiger charge is 2.40. The highest BCUT2D eigenvalue weighted by Crippen LogP contribution is 2.33. The van der Waals surface area contributed by atoms with Crippen LogP contribution in [0.4, 0.5) is 0 Å². The Balaban J connectivity index is 2.12. The molecule has 0 N–H and O–H groups in total. The minimum Gasteiger partial charge on any atom is -0.375 e. The largest absolute Gasteiger partial charge is 0.375 e. The number of hydrogen-bond donors (Lipinski definition) is 0. The fraction of sp³-hybridized carbons (Fsp3) is 1.00. The van der Waals surface area contributed by atoms with Gasteiger partial charge in [-0.1, -0.05) is 36.2 Å². The van der Waals surface area contributed by atoms with Crippen molar-refractivity contribution in [3.05, 3.63) is 0 Å². The van der Waals surface area contributed by atoms with Gasteiger partial charge in [-0.2, -0.15) is 0 Å². The van der Waals surface area contributed by atoms with Crippen LogP contribution in [-0.4, -0.2) is 30.2 Å². The zero-order valence-electron chi connectivity index (χ0n) is 9.17. The number of ether oxygens (including phenoxy) is 2. The lowest BCUT2D eigenvalue weighted by Gasteiger charge is -2.40. The van der Waals surface area contributed by atoms with Crippen LogP contribution in [0.15, 0.2) is 0 Å². The molecule has 3 heteroatoms. The van der Waals surface area contributed by atoms with Crippen LogP contribution in [0.2, 0.25) is 0 Å². The molecule has 0 radical (unpaired) electrons. The summed E-state index contributed by atoms with van der Waals surface area (Å²) < 4.78 is 11.5. The van der Waals surface area contributed by atoms with Crippen molar-refractivity contribution in [2.45, 2.75) is 56.6 Å². The Bertz CT molecular complexity index is 152. The molecular formula is C11H21BrO2. The number of alkyl halides is 1. The third-order valence-electron chi connectivity index (χ3n) is 2.52. The number of rotatable bonds is 7. The van der Waals surface area contributed by atoms with E-state index in [0.717, 1.165) is 32.5 Å². The van der Waals surface area contributed by atoms with Gasteiger partial charge >= 0.3 is 0 Å². The van der Waals surface area contributed by atoms with Crippen LogP contribution in [0.25, 0.3) is 0 Å². The first-order valence-corrected chi connectivity index (χ1v) is 6.58. The van der Waals surface area contributed by atoms with Crippen molar-refractivity contribution < 1.29 is 9.47 Å². The molecule has 84 valence electrons. The number of hydrogen-bond acceptors (Lipinski definition) is 2. The van der Waals surface area contributed by atoms with Gasteiger partial charge in [-0.3, -0.25) is 0 Å². The van der Waals surface area contributed by atoms with Crippen LogP contribution in [-0.2, 0) is 9.47 Å². The Labute approximate surface area is 95.5 Å². The van der Waals surface area contributed by atoms with E-state index in [4.69, 9.17) is 9.47 Å². The van der Waals surface area contributed by atoms with Crippen LogP contribution >= 0.6 is 15.9 Å². The second-order valence-corrected chi connectivity index (χ2v) is 5.03. The van der Waals surface area contributed by atoms with E-state index in [1.807, 2.05) is 0 Å². The maximum Gasteiger partial charge on any atom is 0.0962 e. The van der Waals surface area contributed by atoms with E-state index in [2.05, 4.69) is 29.8 Å². The summed E-state index contributed by atoms with van der Waals surface area (Å²) in [7, 11) is 0. The van der Waals surface area contributed by atoms with E-state index in [0.29, 0.717) is 10.9 Å². The van der Waals surface area contributed by atoms with Gasteiger partial charge in [0.05, 0.1) is 12.2 Å². The van der Waals surface area contributed by atoms with Crippen molar-refractivity contribution in [2.75, 3.05) is 13.2 Å². The van der Waals surface area contributed by atoms with Crippen LogP contribution in [0.1, 0.15) is 39.5 Å². The third kappa shape index (κ3) is 3.52. The average Bonchev–Trinajstić information content (AvgIpc) is 2.17. The van der Waals surface area contributed by atoms with Crippen LogP contribution in [0.5, 0.6) is 0 Å². The average molecular weight is 265 g/mol. The molecule has 0 aliphatic heterocycles. The molecule has 1 fully saturated rings. The van der Waals surface area contributed by atoms with Gasteiger partial charge in [0.15, 0.2) is 0 Å². The molecular weight excluding hydrogens is 244 g/mol. The lowest BCUT2D eigenvalue weighted by atomic mass is 9.91. The highest BCUT2D eigenvalue weighted by molar-refractivity contribution is 9.09. The molecule has 14 heavy (non-hydrogen) atoms. The van der Waals surface area contributed by atoms with E-state index in [-0.39, 0.29) is 6.10 Å². The molecule has 1 aliphatic rings. The quantitative estimate of drug-likeness (QED) is 0.520. The molecule has 0 saturated heterocycles. The van der Waals surface area contributed by atoms with E-state index in [9.17, 15) is 0 Å². The minimum atomic E-state index is 0.284. The summed E-state index contributed by atoms with van der Waals surface area (Å²) in [6, 6.07) is 0. The van der Waals surface area contributed by atoms with Crippen LogP contribution in [0, 0.1) is 0 Å². The fourth-order valence-corrected chi connectivity index (χ4v) is 2.40. The standard InChI is InChI=1S/C11H21BrO2/c1-3-5-7-13-10-8-9(12)11(10)14-6-4-2/h9-11H,3-8H2,1-2H3. The molecule has 3 unspecified atom stereocenters. The van der Waals surface area contributed by atoms with Crippen molar-refractivity contribution in [2.24, 2.45) is 0 Å². The maximum atomic E-state index is 5.74. The minimum absolute atomic E-state index is 0.284. The second-order valence-electron chi connectivity index (χ2n) is 3.85. The van der Waals surface area contributed by atoms with Crippen molar-refractivity contribution in [3.8, 4) is 0 Å². The molecule has 1 aliphatic carbocycles. The van der Waals surface area contributed by atoms with Gasteiger partial charge in [0.25, 0.3) is 0 Å². The van der Waals surface area contributed by atoms with Gasteiger partial charge < -0.3 is 9.47 Å². The van der Waals surface area contributed by atoms with E-state index in [1.54, 1.807) is 0 Å². The lowest BCUT2D eigenvalue weighted by Crippen LogP contribution is -2.50. The van der Waals surface area contributed by atoms with Crippen molar-refractivity contribution in [1.82, 2.24) is 0 Å². The molecule has 0 aromatic heterocycles. The van der Waals surface area contributed by atoms with E-state index < -0.39 is 0 Å². The molecule has 0 aromatic carbocycles. The lowest BCUT2D eigenvalue weighted by molar-refractivity contribution is -0.121. The summed E-state index contributed by atoms with van der Waals surface area (Å²) in [4.78, 5) is 0.501. The summed E-state index contributed by atoms with van der Waals surface area (Å²) in [6.45, 7) is 6.05. The van der Waals surface area contributed by atoms with Gasteiger partial charge in [-0.05, 0) is 19.3 Å². The number of unbranched alkanes of at least 4 members (excludes halogenated alkanes) is 1. The Hall–Kier alpha value is 0.400. The predicted molar refractivity (Wildman–Crippen MR) is 62.0 cm³/mol. The second kappa shape index (κ2) is 6.81. The molecule has 3 atom stereocenters. The Morgan fingerprint density at radius 3 is 2.50 bits per heavy atom. The van der Waals surface area contributed by atoms with Crippen LogP contribution < -0.4 is 0 Å². The maximum absolute atomic E-state index is 5.74. The zero-order valence-corrected chi connectivity index (χ0v) is 10.8. The smallest absolute Gasteiger partial charge is 0.0962 e. The van der Waals surface area contributed by atoms with Gasteiger partial charge in [0.1, 0.15) is 0 Å². The molecule has 2 nitrogen and oxygen atoms in total. The first-order valence-electron chi connectivity index (χ1n) is 5.66. The summed E-state index contributed by atoms with van der Waals surface area (Å²) >= 11 is 3.60. The zero-order chi connectivity index (χ0) is 10.4. The predicted octanol–water partition coefficient (Wildman–Crippen LogP) is 3.13. The molecule has 0 amide bonds. The summed E-state index contributed by atoms with van der Waals surface area (Å²) in [5.74, 6) is 0. The van der Waals surface area contributed by atoms with Gasteiger partial charge in [-0.25, -0.2) is 0 Å². The van der Waals surface area contributed by atoms with Gasteiger partial charge in [-0.15, -0.1) is 0 Å². The third-order valence-corrected chi connectivity index (χ3v) is 3.42. The topological polar surface area (TPSA) is 18.5 Å². The molecule has 1 saturated carbocycles. The van der Waals surface area contributed by atoms with E-state index >= 15 is 0 Å². The molecule has 0 spiro atoms. The monoisotopic (exact) mass is 264 g/mol. The SMILES string of the molecule is CCCCOC1CC(Br)C1OCCC. The first-order chi connectivity index (χ1) is 6.79. The Morgan fingerprint density at radius 1 is 1.14 bits per heavy atom.